The molecule has 1 amide bonds. The fourth-order valence-corrected chi connectivity index (χ4v) is 4.58. The fraction of sp³-hybridized carbons (Fsp3) is 0.409. The molecule has 0 radical (unpaired) electrons. The number of carbonyl (C=O) groups is 1. The van der Waals surface area contributed by atoms with Crippen LogP contribution in [0.4, 0.5) is 4.39 Å². The molecule has 2 aromatic heterocycles. The Morgan fingerprint density at radius 1 is 1.38 bits per heavy atom. The van der Waals surface area contributed by atoms with Gasteiger partial charge in [0.15, 0.2) is 5.82 Å². The lowest BCUT2D eigenvalue weighted by Gasteiger charge is -2.25. The van der Waals surface area contributed by atoms with Crippen molar-refractivity contribution in [1.82, 2.24) is 25.2 Å². The Bertz CT molecular complexity index is 1090. The Balaban J connectivity index is 1.41. The summed E-state index contributed by atoms with van der Waals surface area (Å²) in [7, 11) is 0. The molecule has 150 valence electrons. The minimum absolute atomic E-state index is 0.0451. The summed E-state index contributed by atoms with van der Waals surface area (Å²) < 4.78 is 13.8. The van der Waals surface area contributed by atoms with E-state index in [0.29, 0.717) is 6.54 Å². The molecule has 0 aliphatic carbocycles. The van der Waals surface area contributed by atoms with Crippen LogP contribution in [0.3, 0.4) is 0 Å². The second kappa shape index (κ2) is 7.22. The Kier molecular flexibility index (Phi) is 4.54. The lowest BCUT2D eigenvalue weighted by molar-refractivity contribution is -0.131. The van der Waals surface area contributed by atoms with E-state index in [4.69, 9.17) is 4.98 Å². The van der Waals surface area contributed by atoms with Gasteiger partial charge in [-0.15, -0.1) is 0 Å². The summed E-state index contributed by atoms with van der Waals surface area (Å²) >= 11 is 0. The van der Waals surface area contributed by atoms with Crippen LogP contribution in [0.5, 0.6) is 0 Å². The van der Waals surface area contributed by atoms with Crippen molar-refractivity contribution in [3.8, 4) is 0 Å². The van der Waals surface area contributed by atoms with E-state index in [0.717, 1.165) is 71.6 Å². The number of benzene rings is 1. The van der Waals surface area contributed by atoms with Crippen molar-refractivity contribution in [2.24, 2.45) is 0 Å². The molecule has 5 rings (SSSR count). The first-order valence-electron chi connectivity index (χ1n) is 10.2. The predicted octanol–water partition coefficient (Wildman–Crippen LogP) is 2.96. The van der Waals surface area contributed by atoms with Crippen molar-refractivity contribution < 1.29 is 9.18 Å². The molecular weight excluding hydrogens is 369 g/mol. The summed E-state index contributed by atoms with van der Waals surface area (Å²) in [6.45, 7) is 4.37. The highest BCUT2D eigenvalue weighted by Crippen LogP contribution is 2.32. The molecule has 1 atom stereocenters. The molecule has 1 saturated heterocycles. The van der Waals surface area contributed by atoms with E-state index >= 15 is 0 Å². The van der Waals surface area contributed by atoms with Gasteiger partial charge in [0.25, 0.3) is 0 Å². The number of halogens is 1. The van der Waals surface area contributed by atoms with Crippen LogP contribution in [0, 0.1) is 12.7 Å². The summed E-state index contributed by atoms with van der Waals surface area (Å²) in [6.07, 6.45) is 4.87. The van der Waals surface area contributed by atoms with Gasteiger partial charge < -0.3 is 15.2 Å². The zero-order valence-corrected chi connectivity index (χ0v) is 16.5. The van der Waals surface area contributed by atoms with Crippen molar-refractivity contribution >= 4 is 16.8 Å². The number of nitrogens with zero attached hydrogens (tertiary/aromatic N) is 3. The van der Waals surface area contributed by atoms with Gasteiger partial charge in [-0.05, 0) is 43.5 Å². The molecule has 0 bridgehead atoms. The van der Waals surface area contributed by atoms with Gasteiger partial charge in [0, 0.05) is 60.1 Å². The zero-order chi connectivity index (χ0) is 20.0. The van der Waals surface area contributed by atoms with Gasteiger partial charge in [-0.2, -0.15) is 0 Å². The molecule has 1 aromatic carbocycles. The van der Waals surface area contributed by atoms with Crippen LogP contribution in [0.1, 0.15) is 47.2 Å². The summed E-state index contributed by atoms with van der Waals surface area (Å²) in [5, 5.41) is 4.11. The number of fused-ring (bicyclic) bond motifs is 2. The van der Waals surface area contributed by atoms with Crippen molar-refractivity contribution in [2.75, 3.05) is 13.1 Å². The zero-order valence-electron chi connectivity index (χ0n) is 16.5. The van der Waals surface area contributed by atoms with Gasteiger partial charge in [0.1, 0.15) is 5.82 Å². The number of nitrogens with one attached hydrogen (secondary N) is 2. The second-order valence-corrected chi connectivity index (χ2v) is 7.97. The number of H-pyrrole nitrogens is 1. The minimum atomic E-state index is -0.291. The quantitative estimate of drug-likeness (QED) is 0.718. The maximum Gasteiger partial charge on any atom is 0.227 e. The average molecular weight is 393 g/mol. The summed E-state index contributed by atoms with van der Waals surface area (Å²) in [6, 6.07) is 4.58. The van der Waals surface area contributed by atoms with Crippen LogP contribution in [0.15, 0.2) is 24.4 Å². The number of carbonyl (C=O) groups excluding carboxylic acids is 1. The fourth-order valence-electron chi connectivity index (χ4n) is 4.58. The van der Waals surface area contributed by atoms with E-state index in [2.05, 4.69) is 15.3 Å². The number of aromatic amines is 1. The maximum atomic E-state index is 13.8. The van der Waals surface area contributed by atoms with Gasteiger partial charge >= 0.3 is 0 Å². The summed E-state index contributed by atoms with van der Waals surface area (Å²) in [5.74, 6) is 0.503. The van der Waals surface area contributed by atoms with E-state index in [1.165, 1.54) is 12.1 Å². The second-order valence-electron chi connectivity index (χ2n) is 7.97. The van der Waals surface area contributed by atoms with Crippen LogP contribution >= 0.6 is 0 Å². The molecule has 0 spiro atoms. The van der Waals surface area contributed by atoms with Gasteiger partial charge in [-0.3, -0.25) is 4.79 Å². The number of hydrogen-bond acceptors (Lipinski definition) is 4. The third-order valence-electron chi connectivity index (χ3n) is 6.11. The molecule has 0 unspecified atom stereocenters. The third kappa shape index (κ3) is 3.29. The highest BCUT2D eigenvalue weighted by Gasteiger charge is 2.33. The first kappa shape index (κ1) is 18.2. The molecule has 4 heterocycles. The highest BCUT2D eigenvalue weighted by molar-refractivity contribution is 5.90. The van der Waals surface area contributed by atoms with Crippen molar-refractivity contribution in [3.63, 3.8) is 0 Å². The van der Waals surface area contributed by atoms with Crippen LogP contribution in [-0.2, 0) is 24.2 Å². The van der Waals surface area contributed by atoms with Crippen LogP contribution < -0.4 is 5.32 Å². The molecule has 0 saturated carbocycles. The molecule has 29 heavy (non-hydrogen) atoms. The number of likely N-dealkylation sites (tertiary alicyclic amines) is 1. The number of hydrogen-bond donors (Lipinski definition) is 2. The molecule has 6 nitrogen and oxygen atoms in total. The van der Waals surface area contributed by atoms with Gasteiger partial charge in [-0.1, -0.05) is 0 Å². The van der Waals surface area contributed by atoms with Crippen molar-refractivity contribution in [2.45, 2.75) is 45.2 Å². The van der Waals surface area contributed by atoms with Gasteiger partial charge in [0.2, 0.25) is 5.91 Å². The third-order valence-corrected chi connectivity index (χ3v) is 6.11. The Morgan fingerprint density at radius 3 is 3.17 bits per heavy atom. The molecule has 2 N–H and O–H groups in total. The van der Waals surface area contributed by atoms with E-state index in [1.54, 1.807) is 6.07 Å². The van der Waals surface area contributed by atoms with Gasteiger partial charge in [-0.25, -0.2) is 14.4 Å². The topological polar surface area (TPSA) is 73.9 Å². The minimum Gasteiger partial charge on any atom is -0.358 e. The Labute approximate surface area is 168 Å². The molecule has 1 fully saturated rings. The molecule has 7 heteroatoms. The Hall–Kier alpha value is -2.80. The standard InChI is InChI=1S/C22H24FN5O/c1-13-16(17-9-15(23)4-5-19(17)26-13)10-21(29)28-8-2-3-20(28)22-25-12-14-11-24-7-6-18(14)27-22/h4-5,9,12,20,24,26H,2-3,6-8,10-11H2,1H3/t20-/m1/s1. The number of aryl methyl sites for hydroxylation is 1. The highest BCUT2D eigenvalue weighted by atomic mass is 19.1. The van der Waals surface area contributed by atoms with Crippen molar-refractivity contribution in [3.05, 3.63) is 58.6 Å². The van der Waals surface area contributed by atoms with Gasteiger partial charge in [0.05, 0.1) is 12.5 Å². The largest absolute Gasteiger partial charge is 0.358 e. The summed E-state index contributed by atoms with van der Waals surface area (Å²) in [5.41, 5.74) is 4.87. The van der Waals surface area contributed by atoms with E-state index in [-0.39, 0.29) is 24.2 Å². The normalized spacial score (nSPS) is 19.0. The van der Waals surface area contributed by atoms with Crippen LogP contribution in [0.25, 0.3) is 10.9 Å². The van der Waals surface area contributed by atoms with Crippen LogP contribution in [0.2, 0.25) is 0 Å². The number of amides is 1. The maximum absolute atomic E-state index is 13.8. The smallest absolute Gasteiger partial charge is 0.227 e. The van der Waals surface area contributed by atoms with E-state index < -0.39 is 0 Å². The summed E-state index contributed by atoms with van der Waals surface area (Å²) in [4.78, 5) is 27.8. The Morgan fingerprint density at radius 2 is 2.28 bits per heavy atom. The number of aromatic nitrogens is 3. The molecular formula is C22H24FN5O. The van der Waals surface area contributed by atoms with E-state index in [1.807, 2.05) is 18.0 Å². The lowest BCUT2D eigenvalue weighted by atomic mass is 10.1. The average Bonchev–Trinajstić information content (AvgIpc) is 3.33. The first-order chi connectivity index (χ1) is 14.1. The van der Waals surface area contributed by atoms with Crippen molar-refractivity contribution in [1.29, 1.82) is 0 Å². The number of rotatable bonds is 3. The monoisotopic (exact) mass is 393 g/mol. The predicted molar refractivity (Wildman–Crippen MR) is 108 cm³/mol. The SMILES string of the molecule is Cc1[nH]c2ccc(F)cc2c1CC(=O)N1CCC[C@@H]1c1ncc2c(n1)CCNC2. The molecule has 2 aliphatic heterocycles. The molecule has 3 aromatic rings. The first-order valence-corrected chi connectivity index (χ1v) is 10.2. The lowest BCUT2D eigenvalue weighted by Crippen LogP contribution is -2.33. The van der Waals surface area contributed by atoms with Crippen LogP contribution in [-0.4, -0.2) is 38.8 Å². The molecule has 2 aliphatic rings. The van der Waals surface area contributed by atoms with E-state index in [9.17, 15) is 9.18 Å².